The van der Waals surface area contributed by atoms with E-state index in [0.717, 1.165) is 32.1 Å². The van der Waals surface area contributed by atoms with E-state index in [4.69, 9.17) is 18.9 Å². The molecular formula is C40H74O12S. The molecule has 1 fully saturated rings. The van der Waals surface area contributed by atoms with E-state index in [1.54, 1.807) is 0 Å². The van der Waals surface area contributed by atoms with Crippen LogP contribution in [0.4, 0.5) is 0 Å². The zero-order valence-electron chi connectivity index (χ0n) is 32.9. The van der Waals surface area contributed by atoms with Gasteiger partial charge in [-0.05, 0) is 25.7 Å². The Kier molecular flexibility index (Phi) is 29.4. The molecule has 0 bridgehead atoms. The molecule has 1 saturated heterocycles. The van der Waals surface area contributed by atoms with Crippen molar-refractivity contribution in [1.29, 1.82) is 0 Å². The lowest BCUT2D eigenvalue weighted by Crippen LogP contribution is -2.60. The monoisotopic (exact) mass is 778 g/mol. The second-order valence-electron chi connectivity index (χ2n) is 14.7. The first-order valence-corrected chi connectivity index (χ1v) is 22.4. The van der Waals surface area contributed by atoms with Gasteiger partial charge in [-0.15, -0.1) is 0 Å². The maximum absolute atomic E-state index is 12.7. The molecule has 0 radical (unpaired) electrons. The third-order valence-corrected chi connectivity index (χ3v) is 10.4. The summed E-state index contributed by atoms with van der Waals surface area (Å²) in [5, 5.41) is 30.7. The minimum absolute atomic E-state index is 0.140. The van der Waals surface area contributed by atoms with Gasteiger partial charge in [0.1, 0.15) is 36.8 Å². The van der Waals surface area contributed by atoms with Crippen LogP contribution < -0.4 is 0 Å². The van der Waals surface area contributed by atoms with Crippen molar-refractivity contribution < 1.29 is 56.8 Å². The Morgan fingerprint density at radius 1 is 0.623 bits per heavy atom. The van der Waals surface area contributed by atoms with E-state index in [9.17, 15) is 37.9 Å². The van der Waals surface area contributed by atoms with Gasteiger partial charge in [-0.25, -0.2) is 0 Å². The highest BCUT2D eigenvalue weighted by Gasteiger charge is 2.46. The number of hydrogen-bond acceptors (Lipinski definition) is 11. The van der Waals surface area contributed by atoms with Crippen LogP contribution in [0.25, 0.3) is 0 Å². The zero-order chi connectivity index (χ0) is 39.2. The Labute approximate surface area is 320 Å². The Morgan fingerprint density at radius 3 is 1.64 bits per heavy atom. The van der Waals surface area contributed by atoms with Crippen LogP contribution in [0.5, 0.6) is 0 Å². The first kappa shape index (κ1) is 49.4. The van der Waals surface area contributed by atoms with E-state index in [1.165, 1.54) is 103 Å². The summed E-state index contributed by atoms with van der Waals surface area (Å²) in [6.45, 7) is 3.70. The SMILES string of the molecule is CCCCCCCCCCCCC/C=C/CCC(=O)OC[C@H](CO[C@H]1O[C@H](CS(=O)(=O)O)[C@@H](O)C(O)C1O)OC(=O)CCCCCCCCCCCC. The van der Waals surface area contributed by atoms with Crippen LogP contribution in [-0.2, 0) is 38.7 Å². The lowest BCUT2D eigenvalue weighted by Gasteiger charge is -2.40. The van der Waals surface area contributed by atoms with Gasteiger partial charge in [0.15, 0.2) is 12.4 Å². The van der Waals surface area contributed by atoms with Crippen molar-refractivity contribution in [1.82, 2.24) is 0 Å². The Morgan fingerprint density at radius 2 is 1.11 bits per heavy atom. The van der Waals surface area contributed by atoms with Crippen molar-refractivity contribution in [2.45, 2.75) is 211 Å². The van der Waals surface area contributed by atoms with Crippen LogP contribution in [-0.4, -0.2) is 96.0 Å². The first-order chi connectivity index (χ1) is 25.5. The van der Waals surface area contributed by atoms with Crippen LogP contribution in [0, 0.1) is 0 Å². The summed E-state index contributed by atoms with van der Waals surface area (Å²) in [4.78, 5) is 25.2. The number of carbonyl (C=O) groups is 2. The van der Waals surface area contributed by atoms with Crippen LogP contribution in [0.3, 0.4) is 0 Å². The second-order valence-corrected chi connectivity index (χ2v) is 16.2. The summed E-state index contributed by atoms with van der Waals surface area (Å²) < 4.78 is 53.8. The molecule has 1 heterocycles. The van der Waals surface area contributed by atoms with Gasteiger partial charge in [0.2, 0.25) is 0 Å². The number of hydrogen-bond donors (Lipinski definition) is 4. The quantitative estimate of drug-likeness (QED) is 0.0219. The molecular weight excluding hydrogens is 704 g/mol. The smallest absolute Gasteiger partial charge is 0.306 e. The third-order valence-electron chi connectivity index (χ3n) is 9.61. The van der Waals surface area contributed by atoms with Gasteiger partial charge in [0.25, 0.3) is 10.1 Å². The van der Waals surface area contributed by atoms with Crippen LogP contribution >= 0.6 is 0 Å². The zero-order valence-corrected chi connectivity index (χ0v) is 33.7. The molecule has 0 aromatic carbocycles. The largest absolute Gasteiger partial charge is 0.462 e. The van der Waals surface area contributed by atoms with Crippen LogP contribution in [0.1, 0.15) is 174 Å². The normalized spacial score (nSPS) is 21.2. The predicted octanol–water partition coefficient (Wildman–Crippen LogP) is 7.50. The van der Waals surface area contributed by atoms with Crippen molar-refractivity contribution >= 4 is 22.1 Å². The molecule has 13 heteroatoms. The van der Waals surface area contributed by atoms with Crippen LogP contribution in [0.2, 0.25) is 0 Å². The van der Waals surface area contributed by atoms with Crippen molar-refractivity contribution in [3.63, 3.8) is 0 Å². The number of allylic oxidation sites excluding steroid dienone is 2. The molecule has 0 spiro atoms. The number of aliphatic hydroxyl groups excluding tert-OH is 3. The van der Waals surface area contributed by atoms with E-state index in [2.05, 4.69) is 19.9 Å². The summed E-state index contributed by atoms with van der Waals surface area (Å²) in [6.07, 6.45) is 21.4. The van der Waals surface area contributed by atoms with Gasteiger partial charge in [-0.1, -0.05) is 148 Å². The van der Waals surface area contributed by atoms with Crippen molar-refractivity contribution in [3.05, 3.63) is 12.2 Å². The van der Waals surface area contributed by atoms with Crippen molar-refractivity contribution in [2.75, 3.05) is 19.0 Å². The lowest BCUT2D eigenvalue weighted by atomic mass is 10.00. The maximum Gasteiger partial charge on any atom is 0.306 e. The fourth-order valence-electron chi connectivity index (χ4n) is 6.34. The highest BCUT2D eigenvalue weighted by Crippen LogP contribution is 2.24. The summed E-state index contributed by atoms with van der Waals surface area (Å²) in [7, 11) is -4.60. The van der Waals surface area contributed by atoms with Crippen molar-refractivity contribution in [3.8, 4) is 0 Å². The number of esters is 2. The number of aliphatic hydroxyl groups is 3. The fraction of sp³-hybridized carbons (Fsp3) is 0.900. The second kappa shape index (κ2) is 31.6. The van der Waals surface area contributed by atoms with E-state index >= 15 is 0 Å². The molecule has 0 aliphatic carbocycles. The number of ether oxygens (including phenoxy) is 4. The minimum Gasteiger partial charge on any atom is -0.462 e. The number of unbranched alkanes of at least 4 members (excludes halogenated alkanes) is 20. The van der Waals surface area contributed by atoms with Gasteiger partial charge in [-0.2, -0.15) is 8.42 Å². The molecule has 0 aromatic heterocycles. The van der Waals surface area contributed by atoms with Gasteiger partial charge >= 0.3 is 11.9 Å². The maximum atomic E-state index is 12.7. The Hall–Kier alpha value is -1.61. The molecule has 0 saturated carbocycles. The summed E-state index contributed by atoms with van der Waals surface area (Å²) in [6, 6.07) is 0. The molecule has 1 rings (SSSR count). The van der Waals surface area contributed by atoms with Crippen molar-refractivity contribution in [2.24, 2.45) is 0 Å². The lowest BCUT2D eigenvalue weighted by molar-refractivity contribution is -0.297. The van der Waals surface area contributed by atoms with Gasteiger partial charge in [-0.3, -0.25) is 14.1 Å². The van der Waals surface area contributed by atoms with Crippen LogP contribution in [0.15, 0.2) is 12.2 Å². The molecule has 1 aliphatic heterocycles. The highest BCUT2D eigenvalue weighted by molar-refractivity contribution is 7.85. The molecule has 0 amide bonds. The number of rotatable bonds is 34. The van der Waals surface area contributed by atoms with Gasteiger partial charge in [0, 0.05) is 12.8 Å². The minimum atomic E-state index is -4.60. The molecule has 4 N–H and O–H groups in total. The molecule has 1 aliphatic rings. The number of carbonyl (C=O) groups excluding carboxylic acids is 2. The van der Waals surface area contributed by atoms with E-state index in [1.807, 2.05) is 6.08 Å². The third kappa shape index (κ3) is 26.8. The molecule has 0 aromatic rings. The molecule has 6 atom stereocenters. The average molecular weight is 779 g/mol. The fourth-order valence-corrected chi connectivity index (χ4v) is 7.03. The van der Waals surface area contributed by atoms with Gasteiger partial charge < -0.3 is 34.3 Å². The first-order valence-electron chi connectivity index (χ1n) is 20.7. The van der Waals surface area contributed by atoms with E-state index in [0.29, 0.717) is 12.8 Å². The van der Waals surface area contributed by atoms with E-state index < -0.39 is 71.2 Å². The topological polar surface area (TPSA) is 186 Å². The molecule has 312 valence electrons. The Bertz CT molecular complexity index is 1050. The molecule has 53 heavy (non-hydrogen) atoms. The standard InChI is InChI=1S/C40H74O12S/c1-3-5-7-9-11-13-15-16-17-18-19-21-22-24-26-28-35(41)49-30-33(51-36(42)29-27-25-23-20-14-12-10-8-6-4-2)31-50-40-39(45)38(44)37(43)34(52-40)32-53(46,47)48/h22,24,33-34,37-40,43-45H,3-21,23,25-32H2,1-2H3,(H,46,47,48)/b24-22+/t33-,34-,37-,38?,39?,40+/m1/s1. The predicted molar refractivity (Wildman–Crippen MR) is 206 cm³/mol. The average Bonchev–Trinajstić information content (AvgIpc) is 3.12. The summed E-state index contributed by atoms with van der Waals surface area (Å²) in [5.74, 6) is -2.04. The highest BCUT2D eigenvalue weighted by atomic mass is 32.2. The van der Waals surface area contributed by atoms with E-state index in [-0.39, 0.29) is 19.4 Å². The van der Waals surface area contributed by atoms with Gasteiger partial charge in [0.05, 0.1) is 6.61 Å². The molecule has 12 nitrogen and oxygen atoms in total. The summed E-state index contributed by atoms with van der Waals surface area (Å²) >= 11 is 0. The Balaban J connectivity index is 2.49. The molecule has 2 unspecified atom stereocenters. The summed E-state index contributed by atoms with van der Waals surface area (Å²) in [5.41, 5.74) is 0.